The molecule has 0 radical (unpaired) electrons. The van der Waals surface area contributed by atoms with Gasteiger partial charge in [0.1, 0.15) is 11.6 Å². The quantitative estimate of drug-likeness (QED) is 0.849. The summed E-state index contributed by atoms with van der Waals surface area (Å²) in [5.41, 5.74) is -0.364. The van der Waals surface area contributed by atoms with Crippen LogP contribution in [0.5, 0.6) is 0 Å². The van der Waals surface area contributed by atoms with Gasteiger partial charge in [-0.25, -0.2) is 13.8 Å². The highest BCUT2D eigenvalue weighted by molar-refractivity contribution is 5.90. The van der Waals surface area contributed by atoms with E-state index in [1.165, 1.54) is 30.5 Å². The van der Waals surface area contributed by atoms with Crippen LogP contribution in [0.4, 0.5) is 8.78 Å². The molecule has 0 spiro atoms. The minimum atomic E-state index is -0.568. The Hall–Kier alpha value is -2.57. The van der Waals surface area contributed by atoms with Gasteiger partial charge in [-0.15, -0.1) is 0 Å². The summed E-state index contributed by atoms with van der Waals surface area (Å²) < 4.78 is 27.7. The first kappa shape index (κ1) is 16.3. The highest BCUT2D eigenvalue weighted by Gasteiger charge is 2.32. The molecule has 1 atom stereocenters. The van der Waals surface area contributed by atoms with Crippen molar-refractivity contribution in [2.45, 2.75) is 19.3 Å². The second-order valence-electron chi connectivity index (χ2n) is 5.99. The Morgan fingerprint density at radius 3 is 2.62 bits per heavy atom. The van der Waals surface area contributed by atoms with Crippen molar-refractivity contribution >= 4 is 5.91 Å². The fourth-order valence-electron chi connectivity index (χ4n) is 2.76. The molecule has 3 rings (SSSR count). The van der Waals surface area contributed by atoms with Crippen LogP contribution in [0.15, 0.2) is 35.3 Å². The molecule has 0 saturated heterocycles. The summed E-state index contributed by atoms with van der Waals surface area (Å²) in [6.07, 6.45) is 3.44. The lowest BCUT2D eigenvalue weighted by molar-refractivity contribution is 0.0934. The van der Waals surface area contributed by atoms with Gasteiger partial charge in [0.25, 0.3) is 11.5 Å². The average molecular weight is 333 g/mol. The van der Waals surface area contributed by atoms with E-state index in [4.69, 9.17) is 0 Å². The molecule has 126 valence electrons. The molecule has 1 aliphatic rings. The van der Waals surface area contributed by atoms with Gasteiger partial charge in [0, 0.05) is 24.4 Å². The zero-order chi connectivity index (χ0) is 17.1. The number of nitrogens with one attached hydrogen (secondary N) is 2. The summed E-state index contributed by atoms with van der Waals surface area (Å²) in [4.78, 5) is 29.4. The molecule has 0 aliphatic heterocycles. The number of carbonyl (C=O) groups is 1. The Kier molecular flexibility index (Phi) is 4.69. The van der Waals surface area contributed by atoms with Crippen LogP contribution in [0.25, 0.3) is 0 Å². The van der Waals surface area contributed by atoms with Crippen molar-refractivity contribution in [3.63, 3.8) is 0 Å². The highest BCUT2D eigenvalue weighted by Crippen LogP contribution is 2.38. The van der Waals surface area contributed by atoms with Crippen LogP contribution in [-0.2, 0) is 6.42 Å². The van der Waals surface area contributed by atoms with E-state index in [1.807, 2.05) is 0 Å². The lowest BCUT2D eigenvalue weighted by Gasteiger charge is -2.17. The summed E-state index contributed by atoms with van der Waals surface area (Å²) in [7, 11) is 0. The SMILES string of the molecule is O=C(NC[C@H](Cc1c(F)cccc1F)C1CC1)c1nccc(=O)[nH]1. The smallest absolute Gasteiger partial charge is 0.287 e. The molecular weight excluding hydrogens is 316 g/mol. The molecule has 1 amide bonds. The van der Waals surface area contributed by atoms with Crippen LogP contribution in [0, 0.1) is 23.5 Å². The number of aromatic nitrogens is 2. The normalized spacial score (nSPS) is 15.1. The Balaban J connectivity index is 1.67. The molecular formula is C17H17F2N3O2. The van der Waals surface area contributed by atoms with Crippen LogP contribution >= 0.6 is 0 Å². The van der Waals surface area contributed by atoms with Gasteiger partial charge in [-0.05, 0) is 43.2 Å². The van der Waals surface area contributed by atoms with Gasteiger partial charge in [-0.3, -0.25) is 9.59 Å². The fourth-order valence-corrected chi connectivity index (χ4v) is 2.76. The zero-order valence-corrected chi connectivity index (χ0v) is 12.9. The molecule has 1 aromatic heterocycles. The fraction of sp³-hybridized carbons (Fsp3) is 0.353. The number of hydrogen-bond acceptors (Lipinski definition) is 3. The van der Waals surface area contributed by atoms with E-state index in [9.17, 15) is 18.4 Å². The number of halogens is 2. The molecule has 2 N–H and O–H groups in total. The predicted molar refractivity (Wildman–Crippen MR) is 83.5 cm³/mol. The molecule has 1 aliphatic carbocycles. The molecule has 1 saturated carbocycles. The van der Waals surface area contributed by atoms with Gasteiger partial charge in [-0.2, -0.15) is 0 Å². The van der Waals surface area contributed by atoms with Gasteiger partial charge in [0.2, 0.25) is 0 Å². The number of nitrogens with zero attached hydrogens (tertiary/aromatic N) is 1. The average Bonchev–Trinajstić information content (AvgIpc) is 3.38. The first-order chi connectivity index (χ1) is 11.5. The van der Waals surface area contributed by atoms with Crippen molar-refractivity contribution in [3.8, 4) is 0 Å². The summed E-state index contributed by atoms with van der Waals surface area (Å²) in [6.45, 7) is 0.274. The molecule has 1 heterocycles. The summed E-state index contributed by atoms with van der Waals surface area (Å²) in [6, 6.07) is 5.02. The van der Waals surface area contributed by atoms with Crippen molar-refractivity contribution in [3.05, 3.63) is 63.8 Å². The van der Waals surface area contributed by atoms with E-state index in [0.717, 1.165) is 12.8 Å². The van der Waals surface area contributed by atoms with Gasteiger partial charge in [0.05, 0.1) is 0 Å². The largest absolute Gasteiger partial charge is 0.349 e. The van der Waals surface area contributed by atoms with E-state index in [2.05, 4.69) is 15.3 Å². The highest BCUT2D eigenvalue weighted by atomic mass is 19.1. The lowest BCUT2D eigenvalue weighted by atomic mass is 9.94. The van der Waals surface area contributed by atoms with Crippen molar-refractivity contribution in [2.75, 3.05) is 6.54 Å². The van der Waals surface area contributed by atoms with E-state index in [1.54, 1.807) is 0 Å². The maximum Gasteiger partial charge on any atom is 0.287 e. The van der Waals surface area contributed by atoms with E-state index >= 15 is 0 Å². The van der Waals surface area contributed by atoms with Crippen LogP contribution in [-0.4, -0.2) is 22.4 Å². The Labute approximate surface area is 137 Å². The van der Waals surface area contributed by atoms with Crippen molar-refractivity contribution in [1.29, 1.82) is 0 Å². The van der Waals surface area contributed by atoms with Crippen molar-refractivity contribution in [1.82, 2.24) is 15.3 Å². The van der Waals surface area contributed by atoms with E-state index in [0.29, 0.717) is 5.92 Å². The van der Waals surface area contributed by atoms with Gasteiger partial charge < -0.3 is 10.3 Å². The van der Waals surface area contributed by atoms with Crippen LogP contribution in [0.1, 0.15) is 29.0 Å². The monoisotopic (exact) mass is 333 g/mol. The third kappa shape index (κ3) is 3.84. The van der Waals surface area contributed by atoms with Crippen LogP contribution in [0.3, 0.4) is 0 Å². The second-order valence-corrected chi connectivity index (χ2v) is 5.99. The molecule has 24 heavy (non-hydrogen) atoms. The first-order valence-electron chi connectivity index (χ1n) is 7.81. The Bertz CT molecular complexity index is 782. The Morgan fingerprint density at radius 1 is 1.29 bits per heavy atom. The number of aromatic amines is 1. The number of hydrogen-bond donors (Lipinski definition) is 2. The van der Waals surface area contributed by atoms with Gasteiger partial charge in [-0.1, -0.05) is 6.07 Å². The molecule has 2 aromatic rings. The molecule has 1 aromatic carbocycles. The molecule has 7 heteroatoms. The molecule has 1 fully saturated rings. The summed E-state index contributed by atoms with van der Waals surface area (Å²) >= 11 is 0. The number of carbonyl (C=O) groups excluding carboxylic acids is 1. The van der Waals surface area contributed by atoms with Gasteiger partial charge in [0.15, 0.2) is 5.82 Å². The number of benzene rings is 1. The third-order valence-corrected chi connectivity index (χ3v) is 4.23. The molecule has 5 nitrogen and oxygen atoms in total. The summed E-state index contributed by atoms with van der Waals surface area (Å²) in [5.74, 6) is -1.44. The standard InChI is InChI=1S/C17H17F2N3O2/c18-13-2-1-3-14(19)12(13)8-11(10-4-5-10)9-21-17(24)16-20-7-6-15(23)22-16/h1-3,6-7,10-11H,4-5,8-9H2,(H,21,24)(H,20,22,23)/t11-/m0/s1. The van der Waals surface area contributed by atoms with Gasteiger partial charge >= 0.3 is 0 Å². The van der Waals surface area contributed by atoms with Crippen molar-refractivity contribution < 1.29 is 13.6 Å². The Morgan fingerprint density at radius 2 is 2.00 bits per heavy atom. The van der Waals surface area contributed by atoms with E-state index < -0.39 is 23.1 Å². The third-order valence-electron chi connectivity index (χ3n) is 4.23. The van der Waals surface area contributed by atoms with Crippen LogP contribution in [0.2, 0.25) is 0 Å². The molecule has 0 unspecified atom stereocenters. The maximum atomic E-state index is 13.8. The minimum Gasteiger partial charge on any atom is -0.349 e. The number of amides is 1. The lowest BCUT2D eigenvalue weighted by Crippen LogP contribution is -2.33. The number of rotatable bonds is 6. The molecule has 0 bridgehead atoms. The zero-order valence-electron chi connectivity index (χ0n) is 12.9. The minimum absolute atomic E-state index is 0.0508. The first-order valence-corrected chi connectivity index (χ1v) is 7.81. The van der Waals surface area contributed by atoms with Crippen molar-refractivity contribution in [2.24, 2.45) is 11.8 Å². The predicted octanol–water partition coefficient (Wildman–Crippen LogP) is 2.05. The van der Waals surface area contributed by atoms with E-state index in [-0.39, 0.29) is 30.3 Å². The topological polar surface area (TPSA) is 74.8 Å². The number of H-pyrrole nitrogens is 1. The second kappa shape index (κ2) is 6.90. The van der Waals surface area contributed by atoms with Crippen LogP contribution < -0.4 is 10.9 Å². The summed E-state index contributed by atoms with van der Waals surface area (Å²) in [5, 5.41) is 2.69. The maximum absolute atomic E-state index is 13.8.